The smallest absolute Gasteiger partial charge is 0.119 e. The van der Waals surface area contributed by atoms with E-state index in [2.05, 4.69) is 13.8 Å². The van der Waals surface area contributed by atoms with Gasteiger partial charge in [0, 0.05) is 0 Å². The minimum Gasteiger partial charge on any atom is -0.490 e. The number of ether oxygens (including phenoxy) is 1. The van der Waals surface area contributed by atoms with Gasteiger partial charge in [0.1, 0.15) is 12.4 Å². The van der Waals surface area contributed by atoms with Crippen molar-refractivity contribution in [2.75, 3.05) is 6.61 Å². The summed E-state index contributed by atoms with van der Waals surface area (Å²) in [6.45, 7) is 6.50. The molecular formula is C14H20O2. The lowest BCUT2D eigenvalue weighted by Gasteiger charge is -2.06. The topological polar surface area (TPSA) is 29.5 Å². The van der Waals surface area contributed by atoms with Crippen LogP contribution in [0.15, 0.2) is 35.9 Å². The van der Waals surface area contributed by atoms with Crippen molar-refractivity contribution in [2.45, 2.75) is 33.3 Å². The first kappa shape index (κ1) is 12.8. The van der Waals surface area contributed by atoms with Gasteiger partial charge in [-0.2, -0.15) is 0 Å². The molecule has 0 bridgehead atoms. The molecule has 1 aromatic rings. The van der Waals surface area contributed by atoms with Gasteiger partial charge in [0.15, 0.2) is 0 Å². The minimum absolute atomic E-state index is 0.294. The van der Waals surface area contributed by atoms with Crippen LogP contribution < -0.4 is 4.74 Å². The fourth-order valence-corrected chi connectivity index (χ4v) is 1.37. The zero-order valence-corrected chi connectivity index (χ0v) is 10.2. The van der Waals surface area contributed by atoms with Crippen LogP contribution in [0, 0.1) is 0 Å². The first-order chi connectivity index (χ1) is 7.58. The Labute approximate surface area is 97.6 Å². The Bertz CT molecular complexity index is 332. The molecule has 2 heteroatoms. The van der Waals surface area contributed by atoms with Crippen LogP contribution in [0.4, 0.5) is 0 Å². The van der Waals surface area contributed by atoms with Gasteiger partial charge >= 0.3 is 0 Å². The summed E-state index contributed by atoms with van der Waals surface area (Å²) >= 11 is 0. The molecule has 1 atom stereocenters. The maximum atomic E-state index is 9.24. The average Bonchev–Trinajstić information content (AvgIpc) is 2.19. The molecule has 2 nitrogen and oxygen atoms in total. The molecule has 0 fully saturated rings. The predicted octanol–water partition coefficient (Wildman–Crippen LogP) is 2.95. The molecule has 0 spiro atoms. The Morgan fingerprint density at radius 1 is 1.31 bits per heavy atom. The Balaban J connectivity index is 2.48. The van der Waals surface area contributed by atoms with Crippen LogP contribution >= 0.6 is 0 Å². The lowest BCUT2D eigenvalue weighted by Crippen LogP contribution is -2.03. The summed E-state index contributed by atoms with van der Waals surface area (Å²) in [7, 11) is 0. The molecule has 0 heterocycles. The quantitative estimate of drug-likeness (QED) is 0.773. The molecular weight excluding hydrogens is 200 g/mol. The number of hydrogen-bond donors (Lipinski definition) is 1. The minimum atomic E-state index is -0.294. The average molecular weight is 220 g/mol. The van der Waals surface area contributed by atoms with Crippen LogP contribution in [0.3, 0.4) is 0 Å². The van der Waals surface area contributed by atoms with Crippen LogP contribution in [-0.4, -0.2) is 17.8 Å². The first-order valence-corrected chi connectivity index (χ1v) is 5.61. The molecule has 1 unspecified atom stereocenters. The van der Waals surface area contributed by atoms with E-state index in [9.17, 15) is 5.11 Å². The molecule has 0 aliphatic rings. The highest BCUT2D eigenvalue weighted by molar-refractivity contribution is 5.27. The highest BCUT2D eigenvalue weighted by Crippen LogP contribution is 2.13. The zero-order chi connectivity index (χ0) is 12.0. The highest BCUT2D eigenvalue weighted by atomic mass is 16.5. The molecule has 0 saturated carbocycles. The second-order valence-corrected chi connectivity index (χ2v) is 4.29. The van der Waals surface area contributed by atoms with Crippen molar-refractivity contribution in [1.82, 2.24) is 0 Å². The van der Waals surface area contributed by atoms with Crippen LogP contribution in [0.5, 0.6) is 5.75 Å². The van der Waals surface area contributed by atoms with Crippen molar-refractivity contribution >= 4 is 0 Å². The molecule has 1 N–H and O–H groups in total. The molecule has 1 aromatic carbocycles. The van der Waals surface area contributed by atoms with Gasteiger partial charge in [0.25, 0.3) is 0 Å². The van der Waals surface area contributed by atoms with Crippen molar-refractivity contribution in [3.63, 3.8) is 0 Å². The largest absolute Gasteiger partial charge is 0.490 e. The monoisotopic (exact) mass is 220 g/mol. The summed E-state index contributed by atoms with van der Waals surface area (Å²) in [6.07, 6.45) is 2.44. The van der Waals surface area contributed by atoms with Crippen molar-refractivity contribution < 1.29 is 9.84 Å². The van der Waals surface area contributed by atoms with Gasteiger partial charge in [-0.3, -0.25) is 0 Å². The maximum Gasteiger partial charge on any atom is 0.119 e. The van der Waals surface area contributed by atoms with Gasteiger partial charge in [0.2, 0.25) is 0 Å². The van der Waals surface area contributed by atoms with Crippen LogP contribution in [0.2, 0.25) is 0 Å². The third-order valence-electron chi connectivity index (χ3n) is 2.20. The van der Waals surface area contributed by atoms with E-state index in [1.807, 2.05) is 30.3 Å². The van der Waals surface area contributed by atoms with Crippen molar-refractivity contribution in [3.8, 4) is 5.75 Å². The number of hydrogen-bond acceptors (Lipinski definition) is 2. The van der Waals surface area contributed by atoms with Crippen LogP contribution in [-0.2, 0) is 6.42 Å². The first-order valence-electron chi connectivity index (χ1n) is 5.61. The second kappa shape index (κ2) is 6.33. The van der Waals surface area contributed by atoms with E-state index in [4.69, 9.17) is 4.74 Å². The molecule has 0 saturated heterocycles. The SMILES string of the molecule is CC(C)=CCOc1ccc(CC(C)O)cc1. The third kappa shape index (κ3) is 4.99. The number of aliphatic hydroxyl groups excluding tert-OH is 1. The number of rotatable bonds is 5. The van der Waals surface area contributed by atoms with Gasteiger partial charge in [-0.15, -0.1) is 0 Å². The Morgan fingerprint density at radius 2 is 1.94 bits per heavy atom. The Kier molecular flexibility index (Phi) is 5.06. The van der Waals surface area contributed by atoms with E-state index in [-0.39, 0.29) is 6.10 Å². The summed E-state index contributed by atoms with van der Waals surface area (Å²) in [5.74, 6) is 0.867. The van der Waals surface area contributed by atoms with E-state index in [0.717, 1.165) is 11.3 Å². The van der Waals surface area contributed by atoms with Gasteiger partial charge in [0.05, 0.1) is 6.10 Å². The Morgan fingerprint density at radius 3 is 2.44 bits per heavy atom. The number of benzene rings is 1. The van der Waals surface area contributed by atoms with Gasteiger partial charge in [-0.1, -0.05) is 17.7 Å². The van der Waals surface area contributed by atoms with E-state index >= 15 is 0 Å². The summed E-state index contributed by atoms with van der Waals surface area (Å²) < 4.78 is 5.54. The van der Waals surface area contributed by atoms with Crippen LogP contribution in [0.25, 0.3) is 0 Å². The molecule has 0 radical (unpaired) electrons. The summed E-state index contributed by atoms with van der Waals surface area (Å²) in [5, 5.41) is 9.24. The summed E-state index contributed by atoms with van der Waals surface area (Å²) in [4.78, 5) is 0. The zero-order valence-electron chi connectivity index (χ0n) is 10.2. The normalized spacial score (nSPS) is 12.0. The Hall–Kier alpha value is -1.28. The van der Waals surface area contributed by atoms with E-state index in [1.165, 1.54) is 5.57 Å². The van der Waals surface area contributed by atoms with Gasteiger partial charge in [-0.05, 0) is 51.0 Å². The number of aliphatic hydroxyl groups is 1. The van der Waals surface area contributed by atoms with E-state index in [1.54, 1.807) is 6.92 Å². The fraction of sp³-hybridized carbons (Fsp3) is 0.429. The molecule has 88 valence electrons. The third-order valence-corrected chi connectivity index (χ3v) is 2.20. The lowest BCUT2D eigenvalue weighted by molar-refractivity contribution is 0.195. The maximum absolute atomic E-state index is 9.24. The highest BCUT2D eigenvalue weighted by Gasteiger charge is 1.99. The molecule has 0 amide bonds. The molecule has 0 aliphatic heterocycles. The van der Waals surface area contributed by atoms with Crippen molar-refractivity contribution in [1.29, 1.82) is 0 Å². The molecule has 16 heavy (non-hydrogen) atoms. The van der Waals surface area contributed by atoms with Crippen molar-refractivity contribution in [2.24, 2.45) is 0 Å². The van der Waals surface area contributed by atoms with Gasteiger partial charge in [-0.25, -0.2) is 0 Å². The summed E-state index contributed by atoms with van der Waals surface area (Å²) in [5.41, 5.74) is 2.38. The van der Waals surface area contributed by atoms with Crippen LogP contribution in [0.1, 0.15) is 26.3 Å². The second-order valence-electron chi connectivity index (χ2n) is 4.29. The molecule has 0 aromatic heterocycles. The van der Waals surface area contributed by atoms with Gasteiger partial charge < -0.3 is 9.84 Å². The van der Waals surface area contributed by atoms with E-state index in [0.29, 0.717) is 13.0 Å². The summed E-state index contributed by atoms with van der Waals surface area (Å²) in [6, 6.07) is 7.86. The van der Waals surface area contributed by atoms with Crippen molar-refractivity contribution in [3.05, 3.63) is 41.5 Å². The lowest BCUT2D eigenvalue weighted by atomic mass is 10.1. The number of allylic oxidation sites excluding steroid dienone is 1. The standard InChI is InChI=1S/C14H20O2/c1-11(2)8-9-16-14-6-4-13(5-7-14)10-12(3)15/h4-8,12,15H,9-10H2,1-3H3. The molecule has 1 rings (SSSR count). The molecule has 0 aliphatic carbocycles. The predicted molar refractivity (Wildman–Crippen MR) is 66.8 cm³/mol. The van der Waals surface area contributed by atoms with E-state index < -0.39 is 0 Å². The fourth-order valence-electron chi connectivity index (χ4n) is 1.37.